The van der Waals surface area contributed by atoms with Crippen molar-refractivity contribution in [3.8, 4) is 22.5 Å². The largest absolute Gasteiger partial charge is 0.309 e. The molecule has 0 radical (unpaired) electrons. The average Bonchev–Trinajstić information content (AvgIpc) is 3.28. The van der Waals surface area contributed by atoms with Crippen LogP contribution in [0.1, 0.15) is 0 Å². The van der Waals surface area contributed by atoms with E-state index in [1.807, 2.05) is 36.7 Å². The van der Waals surface area contributed by atoms with Crippen molar-refractivity contribution in [1.82, 2.24) is 9.97 Å². The highest BCUT2D eigenvalue weighted by Crippen LogP contribution is 2.40. The summed E-state index contributed by atoms with van der Waals surface area (Å²) in [5.74, 6) is 0. The van der Waals surface area contributed by atoms with Gasteiger partial charge in [0, 0.05) is 33.9 Å². The summed E-state index contributed by atoms with van der Waals surface area (Å²) in [5, 5.41) is 7.29. The molecule has 0 fully saturated rings. The first kappa shape index (κ1) is 33.0. The highest BCUT2D eigenvalue weighted by Gasteiger charge is 2.16. The normalized spacial score (nSPS) is 11.2. The first-order valence-corrected chi connectivity index (χ1v) is 18.9. The van der Waals surface area contributed by atoms with Gasteiger partial charge in [0.2, 0.25) is 0 Å². The second-order valence-electron chi connectivity index (χ2n) is 13.9. The molecule has 2 aromatic heterocycles. The Morgan fingerprint density at radius 3 is 0.893 bits per heavy atom. The maximum atomic E-state index is 5.01. The number of pyridine rings is 2. The first-order valence-electron chi connectivity index (χ1n) is 18.9. The van der Waals surface area contributed by atoms with E-state index in [0.717, 1.165) is 56.6 Å². The second-order valence-corrected chi connectivity index (χ2v) is 13.9. The number of anilines is 6. The van der Waals surface area contributed by atoms with Gasteiger partial charge in [0.25, 0.3) is 0 Å². The molecule has 0 atom stereocenters. The minimum atomic E-state index is 0.934. The van der Waals surface area contributed by atoms with Gasteiger partial charge in [-0.15, -0.1) is 0 Å². The van der Waals surface area contributed by atoms with Gasteiger partial charge in [0.05, 0.1) is 35.2 Å². The fourth-order valence-corrected chi connectivity index (χ4v) is 7.86. The molecular weight excluding hydrogens is 681 g/mol. The van der Waals surface area contributed by atoms with E-state index in [-0.39, 0.29) is 0 Å². The SMILES string of the molecule is c1ccc(N(c2ccccc2)c2ccc(-c3ccc4c5ccc(-c6ccc(N(c7ccccc7)c7ccccc7)cn6)cc5c5ccccc5c4c3)nc2)cc1. The standard InChI is InChI=1S/C52H36N4/c1-5-15-39(16-6-1)55(40-17-7-2-8-18-40)43-27-31-51(53-35-43)37-25-29-47-48-30-26-38(34-50(48)46-24-14-13-23-45(46)49(47)33-37)52-32-28-44(36-54-52)56(41-19-9-3-10-20-41)42-21-11-4-12-22-42/h1-36H. The lowest BCUT2D eigenvalue weighted by molar-refractivity contribution is 1.23. The van der Waals surface area contributed by atoms with Crippen LogP contribution in [0.3, 0.4) is 0 Å². The summed E-state index contributed by atoms with van der Waals surface area (Å²) >= 11 is 0. The molecule has 264 valence electrons. The Morgan fingerprint density at radius 2 is 0.571 bits per heavy atom. The monoisotopic (exact) mass is 716 g/mol. The highest BCUT2D eigenvalue weighted by atomic mass is 15.2. The van der Waals surface area contributed by atoms with Gasteiger partial charge < -0.3 is 9.80 Å². The van der Waals surface area contributed by atoms with Gasteiger partial charge in [0.15, 0.2) is 0 Å². The summed E-state index contributed by atoms with van der Waals surface area (Å²) in [6.45, 7) is 0. The Balaban J connectivity index is 1.01. The second kappa shape index (κ2) is 14.3. The van der Waals surface area contributed by atoms with Crippen molar-refractivity contribution in [2.75, 3.05) is 9.80 Å². The average molecular weight is 717 g/mol. The third-order valence-electron chi connectivity index (χ3n) is 10.5. The molecule has 2 heterocycles. The lowest BCUT2D eigenvalue weighted by Gasteiger charge is -2.25. The molecule has 0 amide bonds. The van der Waals surface area contributed by atoms with Crippen molar-refractivity contribution in [1.29, 1.82) is 0 Å². The van der Waals surface area contributed by atoms with E-state index in [0.29, 0.717) is 0 Å². The number of hydrogen-bond acceptors (Lipinski definition) is 4. The van der Waals surface area contributed by atoms with Crippen LogP contribution in [-0.4, -0.2) is 9.97 Å². The smallest absolute Gasteiger partial charge is 0.0703 e. The Labute approximate surface area is 326 Å². The summed E-state index contributed by atoms with van der Waals surface area (Å²) in [6.07, 6.45) is 3.95. The molecule has 4 nitrogen and oxygen atoms in total. The topological polar surface area (TPSA) is 32.3 Å². The predicted molar refractivity (Wildman–Crippen MR) is 235 cm³/mol. The van der Waals surface area contributed by atoms with Gasteiger partial charge in [-0.25, -0.2) is 0 Å². The maximum Gasteiger partial charge on any atom is 0.0703 e. The van der Waals surface area contributed by atoms with E-state index < -0.39 is 0 Å². The molecular formula is C52H36N4. The fourth-order valence-electron chi connectivity index (χ4n) is 7.86. The van der Waals surface area contributed by atoms with Crippen molar-refractivity contribution < 1.29 is 0 Å². The van der Waals surface area contributed by atoms with Gasteiger partial charge >= 0.3 is 0 Å². The molecule has 0 bridgehead atoms. The van der Waals surface area contributed by atoms with Crippen LogP contribution in [0.25, 0.3) is 54.8 Å². The summed E-state index contributed by atoms with van der Waals surface area (Å²) in [7, 11) is 0. The Bertz CT molecular complexity index is 2630. The van der Waals surface area contributed by atoms with E-state index >= 15 is 0 Å². The zero-order valence-corrected chi connectivity index (χ0v) is 30.6. The van der Waals surface area contributed by atoms with E-state index in [1.165, 1.54) is 32.3 Å². The molecule has 4 heteroatoms. The van der Waals surface area contributed by atoms with Crippen LogP contribution < -0.4 is 9.80 Å². The minimum Gasteiger partial charge on any atom is -0.309 e. The zero-order valence-electron chi connectivity index (χ0n) is 30.6. The van der Waals surface area contributed by atoms with Crippen LogP contribution in [-0.2, 0) is 0 Å². The van der Waals surface area contributed by atoms with Gasteiger partial charge in [-0.2, -0.15) is 0 Å². The lowest BCUT2D eigenvalue weighted by atomic mass is 9.91. The van der Waals surface area contributed by atoms with Crippen LogP contribution in [0.4, 0.5) is 34.1 Å². The Morgan fingerprint density at radius 1 is 0.250 bits per heavy atom. The van der Waals surface area contributed by atoms with Crippen molar-refractivity contribution in [3.05, 3.63) is 219 Å². The van der Waals surface area contributed by atoms with Crippen molar-refractivity contribution in [2.45, 2.75) is 0 Å². The third-order valence-corrected chi connectivity index (χ3v) is 10.5. The van der Waals surface area contributed by atoms with Crippen molar-refractivity contribution >= 4 is 66.4 Å². The van der Waals surface area contributed by atoms with Gasteiger partial charge in [-0.05, 0) is 117 Å². The predicted octanol–water partition coefficient (Wildman–Crippen LogP) is 14.2. The first-order chi connectivity index (χ1) is 27.8. The highest BCUT2D eigenvalue weighted by molar-refractivity contribution is 6.26. The van der Waals surface area contributed by atoms with Crippen molar-refractivity contribution in [2.24, 2.45) is 0 Å². The molecule has 0 N–H and O–H groups in total. The molecule has 0 saturated carbocycles. The lowest BCUT2D eigenvalue weighted by Crippen LogP contribution is -2.10. The number of rotatable bonds is 8. The van der Waals surface area contributed by atoms with E-state index in [9.17, 15) is 0 Å². The molecule has 0 aliphatic heterocycles. The zero-order chi connectivity index (χ0) is 37.3. The number of hydrogen-bond donors (Lipinski definition) is 0. The Hall–Kier alpha value is -7.56. The van der Waals surface area contributed by atoms with Gasteiger partial charge in [-0.1, -0.05) is 121 Å². The van der Waals surface area contributed by atoms with Gasteiger partial charge in [0.1, 0.15) is 0 Å². The van der Waals surface area contributed by atoms with Crippen LogP contribution in [0.5, 0.6) is 0 Å². The molecule has 0 unspecified atom stereocenters. The molecule has 0 spiro atoms. The van der Waals surface area contributed by atoms with Crippen LogP contribution in [0.2, 0.25) is 0 Å². The molecule has 10 aromatic rings. The van der Waals surface area contributed by atoms with Crippen molar-refractivity contribution in [3.63, 3.8) is 0 Å². The molecule has 0 aliphatic carbocycles. The van der Waals surface area contributed by atoms with E-state index in [4.69, 9.17) is 9.97 Å². The van der Waals surface area contributed by atoms with E-state index in [1.54, 1.807) is 0 Å². The number of nitrogens with zero attached hydrogens (tertiary/aromatic N) is 4. The third kappa shape index (κ3) is 6.09. The maximum absolute atomic E-state index is 5.01. The number of fused-ring (bicyclic) bond motifs is 6. The number of benzene rings is 8. The fraction of sp³-hybridized carbons (Fsp3) is 0. The Kier molecular flexibility index (Phi) is 8.47. The summed E-state index contributed by atoms with van der Waals surface area (Å²) in [4.78, 5) is 14.5. The number of aromatic nitrogens is 2. The summed E-state index contributed by atoms with van der Waals surface area (Å²) in [6, 6.07) is 72.5. The quantitative estimate of drug-likeness (QED) is 0.147. The van der Waals surface area contributed by atoms with Crippen LogP contribution in [0.15, 0.2) is 219 Å². The molecule has 10 rings (SSSR count). The number of para-hydroxylation sites is 4. The summed E-state index contributed by atoms with van der Waals surface area (Å²) in [5.41, 5.74) is 10.4. The van der Waals surface area contributed by atoms with Gasteiger partial charge in [-0.3, -0.25) is 9.97 Å². The minimum absolute atomic E-state index is 0.934. The summed E-state index contributed by atoms with van der Waals surface area (Å²) < 4.78 is 0. The molecule has 56 heavy (non-hydrogen) atoms. The van der Waals surface area contributed by atoms with E-state index in [2.05, 4.69) is 192 Å². The van der Waals surface area contributed by atoms with Crippen LogP contribution in [0, 0.1) is 0 Å². The molecule has 0 saturated heterocycles. The molecule has 0 aliphatic rings. The molecule has 8 aromatic carbocycles. The van der Waals surface area contributed by atoms with Crippen LogP contribution >= 0.6 is 0 Å².